The number of fused-ring (bicyclic) bond motifs is 1. The molecule has 1 heterocycles. The van der Waals surface area contributed by atoms with Gasteiger partial charge in [-0.25, -0.2) is 0 Å². The second kappa shape index (κ2) is 7.21. The van der Waals surface area contributed by atoms with Gasteiger partial charge in [-0.15, -0.1) is 0 Å². The molecule has 0 bridgehead atoms. The molecule has 25 heavy (non-hydrogen) atoms. The minimum atomic E-state index is -0.684. The van der Waals surface area contributed by atoms with Crippen molar-refractivity contribution in [3.8, 4) is 11.5 Å². The number of hydrogen-bond acceptors (Lipinski definition) is 4. The Kier molecular flexibility index (Phi) is 4.84. The number of anilines is 1. The highest BCUT2D eigenvalue weighted by molar-refractivity contribution is 6.01. The summed E-state index contributed by atoms with van der Waals surface area (Å²) in [4.78, 5) is 17.1. The van der Waals surface area contributed by atoms with Crippen LogP contribution in [0.2, 0.25) is 0 Å². The number of amides is 1. The van der Waals surface area contributed by atoms with Crippen LogP contribution in [0.25, 0.3) is 10.9 Å². The number of hydrogen-bond donors (Lipinski definition) is 1. The molecule has 0 saturated heterocycles. The van der Waals surface area contributed by atoms with Crippen LogP contribution in [0.3, 0.4) is 0 Å². The zero-order valence-electron chi connectivity index (χ0n) is 14.4. The highest BCUT2D eigenvalue weighted by Gasteiger charge is 2.18. The van der Waals surface area contributed by atoms with E-state index in [0.717, 1.165) is 16.6 Å². The van der Waals surface area contributed by atoms with Crippen molar-refractivity contribution in [2.45, 2.75) is 20.0 Å². The first-order valence-electron chi connectivity index (χ1n) is 8.05. The van der Waals surface area contributed by atoms with Crippen LogP contribution in [-0.4, -0.2) is 24.1 Å². The van der Waals surface area contributed by atoms with Crippen molar-refractivity contribution in [2.24, 2.45) is 0 Å². The molecule has 1 atom stereocenters. The van der Waals surface area contributed by atoms with E-state index in [1.54, 1.807) is 26.2 Å². The van der Waals surface area contributed by atoms with Crippen molar-refractivity contribution in [3.63, 3.8) is 0 Å². The molecule has 5 heteroatoms. The maximum absolute atomic E-state index is 12.5. The molecular formula is C20H20N2O3. The van der Waals surface area contributed by atoms with Gasteiger partial charge in [0.15, 0.2) is 17.6 Å². The zero-order valence-corrected chi connectivity index (χ0v) is 14.4. The summed E-state index contributed by atoms with van der Waals surface area (Å²) in [5.41, 5.74) is 2.33. The number of aromatic nitrogens is 1. The molecule has 0 aliphatic rings. The van der Waals surface area contributed by atoms with E-state index in [-0.39, 0.29) is 5.91 Å². The summed E-state index contributed by atoms with van der Waals surface area (Å²) in [6, 6.07) is 16.9. The fraction of sp³-hybridized carbons (Fsp3) is 0.200. The minimum Gasteiger partial charge on any atom is -0.493 e. The lowest BCUT2D eigenvalue weighted by atomic mass is 10.1. The van der Waals surface area contributed by atoms with Gasteiger partial charge in [0.1, 0.15) is 0 Å². The number of aryl methyl sites for hydroxylation is 1. The largest absolute Gasteiger partial charge is 0.493 e. The van der Waals surface area contributed by atoms with Gasteiger partial charge in [-0.3, -0.25) is 9.78 Å². The molecule has 0 aliphatic heterocycles. The van der Waals surface area contributed by atoms with Gasteiger partial charge in [0.05, 0.1) is 18.3 Å². The molecule has 5 nitrogen and oxygen atoms in total. The minimum absolute atomic E-state index is 0.248. The van der Waals surface area contributed by atoms with E-state index in [2.05, 4.69) is 10.3 Å². The van der Waals surface area contributed by atoms with Crippen LogP contribution in [0.5, 0.6) is 11.5 Å². The lowest BCUT2D eigenvalue weighted by molar-refractivity contribution is -0.122. The second-order valence-electron chi connectivity index (χ2n) is 5.73. The lowest BCUT2D eigenvalue weighted by Gasteiger charge is -2.17. The number of pyridine rings is 1. The highest BCUT2D eigenvalue weighted by Crippen LogP contribution is 2.27. The van der Waals surface area contributed by atoms with Gasteiger partial charge in [-0.1, -0.05) is 30.3 Å². The summed E-state index contributed by atoms with van der Waals surface area (Å²) in [6.45, 7) is 3.62. The molecule has 1 amide bonds. The van der Waals surface area contributed by atoms with Crippen molar-refractivity contribution in [1.29, 1.82) is 0 Å². The van der Waals surface area contributed by atoms with Crippen LogP contribution in [0.4, 0.5) is 5.69 Å². The van der Waals surface area contributed by atoms with Crippen molar-refractivity contribution in [2.75, 3.05) is 12.4 Å². The van der Waals surface area contributed by atoms with E-state index >= 15 is 0 Å². The van der Waals surface area contributed by atoms with Crippen LogP contribution in [0, 0.1) is 6.92 Å². The third kappa shape index (κ3) is 3.71. The molecule has 1 aromatic heterocycles. The van der Waals surface area contributed by atoms with Crippen LogP contribution >= 0.6 is 0 Å². The van der Waals surface area contributed by atoms with Gasteiger partial charge in [0.25, 0.3) is 5.91 Å². The molecule has 0 aliphatic carbocycles. The first-order valence-corrected chi connectivity index (χ1v) is 8.05. The molecule has 1 N–H and O–H groups in total. The zero-order chi connectivity index (χ0) is 17.8. The average molecular weight is 336 g/mol. The quantitative estimate of drug-likeness (QED) is 0.766. The van der Waals surface area contributed by atoms with Gasteiger partial charge < -0.3 is 14.8 Å². The van der Waals surface area contributed by atoms with E-state index in [1.165, 1.54) is 0 Å². The first kappa shape index (κ1) is 16.8. The molecule has 2 aromatic carbocycles. The first-order chi connectivity index (χ1) is 12.1. The fourth-order valence-electron chi connectivity index (χ4n) is 2.54. The van der Waals surface area contributed by atoms with E-state index in [1.807, 2.05) is 49.4 Å². The molecule has 3 aromatic rings. The summed E-state index contributed by atoms with van der Waals surface area (Å²) >= 11 is 0. The number of para-hydroxylation sites is 3. The van der Waals surface area contributed by atoms with E-state index in [4.69, 9.17) is 9.47 Å². The fourth-order valence-corrected chi connectivity index (χ4v) is 2.54. The molecule has 128 valence electrons. The lowest BCUT2D eigenvalue weighted by Crippen LogP contribution is -2.30. The Labute approximate surface area is 146 Å². The molecule has 0 spiro atoms. The Morgan fingerprint density at radius 1 is 1.04 bits per heavy atom. The smallest absolute Gasteiger partial charge is 0.265 e. The monoisotopic (exact) mass is 336 g/mol. The Morgan fingerprint density at radius 3 is 2.56 bits per heavy atom. The van der Waals surface area contributed by atoms with Crippen molar-refractivity contribution < 1.29 is 14.3 Å². The number of carbonyl (C=O) groups excluding carboxylic acids is 1. The third-order valence-electron chi connectivity index (χ3n) is 3.86. The van der Waals surface area contributed by atoms with Gasteiger partial charge in [0.2, 0.25) is 0 Å². The van der Waals surface area contributed by atoms with E-state index in [9.17, 15) is 4.79 Å². The summed E-state index contributed by atoms with van der Waals surface area (Å²) in [7, 11) is 1.57. The summed E-state index contributed by atoms with van der Waals surface area (Å²) < 4.78 is 11.0. The van der Waals surface area contributed by atoms with Crippen LogP contribution in [-0.2, 0) is 4.79 Å². The SMILES string of the molecule is COc1ccccc1O[C@@H](C)C(=O)Nc1cccc2ccc(C)nc12. The second-order valence-corrected chi connectivity index (χ2v) is 5.73. The number of methoxy groups -OCH3 is 1. The van der Waals surface area contributed by atoms with Gasteiger partial charge in [-0.2, -0.15) is 0 Å². The van der Waals surface area contributed by atoms with Gasteiger partial charge in [-0.05, 0) is 38.1 Å². The van der Waals surface area contributed by atoms with E-state index in [0.29, 0.717) is 17.2 Å². The number of ether oxygens (including phenoxy) is 2. The molecule has 3 rings (SSSR count). The number of carbonyl (C=O) groups is 1. The van der Waals surface area contributed by atoms with Crippen LogP contribution < -0.4 is 14.8 Å². The van der Waals surface area contributed by atoms with Crippen LogP contribution in [0.1, 0.15) is 12.6 Å². The van der Waals surface area contributed by atoms with Gasteiger partial charge in [0, 0.05) is 11.1 Å². The van der Waals surface area contributed by atoms with Gasteiger partial charge >= 0.3 is 0 Å². The summed E-state index contributed by atoms with van der Waals surface area (Å²) in [5, 5.41) is 3.88. The molecule has 0 unspecified atom stereocenters. The topological polar surface area (TPSA) is 60.5 Å². The van der Waals surface area contributed by atoms with Crippen LogP contribution in [0.15, 0.2) is 54.6 Å². The number of benzene rings is 2. The Balaban J connectivity index is 1.79. The maximum Gasteiger partial charge on any atom is 0.265 e. The normalized spacial score (nSPS) is 11.8. The van der Waals surface area contributed by atoms with Crippen molar-refractivity contribution >= 4 is 22.5 Å². The predicted octanol–water partition coefficient (Wildman–Crippen LogP) is 3.96. The molecule has 0 radical (unpaired) electrons. The molecule has 0 saturated carbocycles. The van der Waals surface area contributed by atoms with Crippen molar-refractivity contribution in [1.82, 2.24) is 4.98 Å². The maximum atomic E-state index is 12.5. The third-order valence-corrected chi connectivity index (χ3v) is 3.86. The number of nitrogens with one attached hydrogen (secondary N) is 1. The predicted molar refractivity (Wildman–Crippen MR) is 98.2 cm³/mol. The summed E-state index contributed by atoms with van der Waals surface area (Å²) in [6.07, 6.45) is -0.684. The highest BCUT2D eigenvalue weighted by atomic mass is 16.5. The molecule has 0 fully saturated rings. The average Bonchev–Trinajstić information content (AvgIpc) is 2.62. The Morgan fingerprint density at radius 2 is 1.80 bits per heavy atom. The van der Waals surface area contributed by atoms with E-state index < -0.39 is 6.10 Å². The molecular weight excluding hydrogens is 316 g/mol. The van der Waals surface area contributed by atoms with Crippen molar-refractivity contribution in [3.05, 3.63) is 60.3 Å². The summed E-state index contributed by atoms with van der Waals surface area (Å²) in [5.74, 6) is 0.867. The number of nitrogens with zero attached hydrogens (tertiary/aromatic N) is 1. The Hall–Kier alpha value is -3.08. The standard InChI is InChI=1S/C20H20N2O3/c1-13-11-12-15-7-6-8-16(19(15)21-13)22-20(23)14(2)25-18-10-5-4-9-17(18)24-3/h4-12,14H,1-3H3,(H,22,23)/t14-/m0/s1. The number of rotatable bonds is 5. The Bertz CT molecular complexity index is 908.